The summed E-state index contributed by atoms with van der Waals surface area (Å²) in [4.78, 5) is 0. The Kier molecular flexibility index (Phi) is 11.5. The van der Waals surface area contributed by atoms with E-state index in [2.05, 4.69) is 13.5 Å². The minimum absolute atomic E-state index is 0.246. The lowest BCUT2D eigenvalue weighted by molar-refractivity contribution is 0.487. The fraction of sp³-hybridized carbons (Fsp3) is 0.545. The van der Waals surface area contributed by atoms with Crippen LogP contribution >= 0.6 is 11.6 Å². The topological polar surface area (TPSA) is 37.4 Å². The van der Waals surface area contributed by atoms with E-state index in [-0.39, 0.29) is 6.54 Å². The lowest BCUT2D eigenvalue weighted by Gasteiger charge is -2.24. The van der Waals surface area contributed by atoms with Gasteiger partial charge in [-0.1, -0.05) is 93.5 Å². The van der Waals surface area contributed by atoms with E-state index in [4.69, 9.17) is 11.6 Å². The zero-order valence-electron chi connectivity index (χ0n) is 16.8. The Morgan fingerprint density at radius 2 is 1.67 bits per heavy atom. The summed E-state index contributed by atoms with van der Waals surface area (Å²) in [6, 6.07) is 9.53. The molecule has 1 aromatic carbocycles. The third-order valence-electron chi connectivity index (χ3n) is 4.55. The van der Waals surface area contributed by atoms with Crippen LogP contribution in [-0.2, 0) is 16.6 Å². The first kappa shape index (κ1) is 23.8. The molecule has 0 atom stereocenters. The summed E-state index contributed by atoms with van der Waals surface area (Å²) in [5, 5.41) is 0.326. The second-order valence-corrected chi connectivity index (χ2v) is 9.28. The molecule has 0 heterocycles. The van der Waals surface area contributed by atoms with Gasteiger partial charge in [-0.3, -0.25) is 4.31 Å². The third kappa shape index (κ3) is 9.48. The van der Waals surface area contributed by atoms with Crippen molar-refractivity contribution in [3.8, 4) is 0 Å². The van der Waals surface area contributed by atoms with Gasteiger partial charge in [0, 0.05) is 0 Å². The van der Waals surface area contributed by atoms with Crippen molar-refractivity contribution in [2.24, 2.45) is 0 Å². The summed E-state index contributed by atoms with van der Waals surface area (Å²) in [5.41, 5.74) is 1.86. The van der Waals surface area contributed by atoms with Gasteiger partial charge < -0.3 is 0 Å². The number of allylic oxidation sites excluding steroid dienone is 2. The van der Waals surface area contributed by atoms with E-state index in [0.717, 1.165) is 30.4 Å². The highest BCUT2D eigenvalue weighted by Gasteiger charge is 2.21. The fourth-order valence-corrected chi connectivity index (χ4v) is 4.43. The van der Waals surface area contributed by atoms with Crippen molar-refractivity contribution in [2.75, 3.05) is 6.26 Å². The number of unbranched alkanes of at least 4 members (excludes halogenated alkanes) is 6. The Hall–Kier alpha value is -1.26. The van der Waals surface area contributed by atoms with E-state index in [1.807, 2.05) is 30.3 Å². The van der Waals surface area contributed by atoms with Gasteiger partial charge in [-0.05, 0) is 30.4 Å². The number of halogens is 1. The van der Waals surface area contributed by atoms with Crippen LogP contribution in [0.2, 0.25) is 0 Å². The number of benzene rings is 1. The number of hydrogen-bond donors (Lipinski definition) is 0. The molecule has 0 aliphatic heterocycles. The largest absolute Gasteiger partial charge is 0.256 e. The van der Waals surface area contributed by atoms with Crippen LogP contribution in [0.3, 0.4) is 0 Å². The van der Waals surface area contributed by atoms with Gasteiger partial charge in [0.1, 0.15) is 5.16 Å². The van der Waals surface area contributed by atoms with Crippen LogP contribution in [0, 0.1) is 0 Å². The van der Waals surface area contributed by atoms with E-state index >= 15 is 0 Å². The molecule has 0 aromatic heterocycles. The lowest BCUT2D eigenvalue weighted by Crippen LogP contribution is -2.28. The van der Waals surface area contributed by atoms with Crippen molar-refractivity contribution in [1.29, 1.82) is 0 Å². The number of rotatable bonds is 14. The highest BCUT2D eigenvalue weighted by Crippen LogP contribution is 2.27. The number of nitrogens with zero attached hydrogens (tertiary/aromatic N) is 1. The molecule has 3 nitrogen and oxygen atoms in total. The van der Waals surface area contributed by atoms with Crippen molar-refractivity contribution in [2.45, 2.75) is 71.3 Å². The first-order chi connectivity index (χ1) is 12.9. The van der Waals surface area contributed by atoms with Gasteiger partial charge in [-0.15, -0.1) is 6.58 Å². The van der Waals surface area contributed by atoms with Gasteiger partial charge in [-0.25, -0.2) is 8.42 Å². The molecule has 0 saturated carbocycles. The number of hydrogen-bond acceptors (Lipinski definition) is 2. The number of sulfonamides is 1. The molecule has 152 valence electrons. The molecule has 0 spiro atoms. The van der Waals surface area contributed by atoms with Crippen LogP contribution < -0.4 is 0 Å². The summed E-state index contributed by atoms with van der Waals surface area (Å²) in [6.45, 7) is 6.27. The first-order valence-corrected chi connectivity index (χ1v) is 12.1. The molecule has 0 bridgehead atoms. The SMILES string of the molecule is C=CC/C(CCCCCCCCC)=C(\Cl)N(Cc1ccccc1)S(C)(=O)=O. The smallest absolute Gasteiger partial charge is 0.233 e. The van der Waals surface area contributed by atoms with E-state index in [0.29, 0.717) is 11.6 Å². The maximum Gasteiger partial charge on any atom is 0.233 e. The molecule has 1 aromatic rings. The molecule has 27 heavy (non-hydrogen) atoms. The van der Waals surface area contributed by atoms with Crippen LogP contribution in [0.4, 0.5) is 0 Å². The summed E-state index contributed by atoms with van der Waals surface area (Å²) >= 11 is 6.59. The van der Waals surface area contributed by atoms with Gasteiger partial charge in [0.2, 0.25) is 10.0 Å². The molecule has 5 heteroatoms. The van der Waals surface area contributed by atoms with E-state index < -0.39 is 10.0 Å². The molecule has 0 aliphatic carbocycles. The second kappa shape index (κ2) is 13.0. The van der Waals surface area contributed by atoms with E-state index in [9.17, 15) is 8.42 Å². The van der Waals surface area contributed by atoms with Crippen LogP contribution in [-0.4, -0.2) is 19.0 Å². The maximum atomic E-state index is 12.3. The molecule has 0 saturated heterocycles. The van der Waals surface area contributed by atoms with Crippen molar-refractivity contribution >= 4 is 21.6 Å². The van der Waals surface area contributed by atoms with Crippen LogP contribution in [0.5, 0.6) is 0 Å². The summed E-state index contributed by atoms with van der Waals surface area (Å²) in [6.07, 6.45) is 12.9. The fourth-order valence-electron chi connectivity index (χ4n) is 3.02. The first-order valence-electron chi connectivity index (χ1n) is 9.90. The molecule has 0 N–H and O–H groups in total. The van der Waals surface area contributed by atoms with E-state index in [1.54, 1.807) is 6.08 Å². The summed E-state index contributed by atoms with van der Waals surface area (Å²) in [7, 11) is -3.46. The predicted octanol–water partition coefficient (Wildman–Crippen LogP) is 6.62. The second-order valence-electron chi connectivity index (χ2n) is 7.01. The van der Waals surface area contributed by atoms with Gasteiger partial charge in [-0.2, -0.15) is 0 Å². The highest BCUT2D eigenvalue weighted by atomic mass is 35.5. The molecule has 0 fully saturated rings. The Labute approximate surface area is 171 Å². The average molecular weight is 412 g/mol. The van der Waals surface area contributed by atoms with Crippen LogP contribution in [0.25, 0.3) is 0 Å². The minimum Gasteiger partial charge on any atom is -0.256 e. The van der Waals surface area contributed by atoms with Gasteiger partial charge in [0.15, 0.2) is 0 Å². The summed E-state index contributed by atoms with van der Waals surface area (Å²) < 4.78 is 26.0. The van der Waals surface area contributed by atoms with Crippen molar-refractivity contribution in [3.63, 3.8) is 0 Å². The highest BCUT2D eigenvalue weighted by molar-refractivity contribution is 7.88. The zero-order valence-corrected chi connectivity index (χ0v) is 18.4. The molecule has 0 unspecified atom stereocenters. The Morgan fingerprint density at radius 1 is 1.07 bits per heavy atom. The van der Waals surface area contributed by atoms with Gasteiger partial charge in [0.25, 0.3) is 0 Å². The Morgan fingerprint density at radius 3 is 2.22 bits per heavy atom. The standard InChI is InChI=1S/C22H34ClNO2S/c1-4-6-7-8-9-10-14-18-21(15-5-2)22(23)24(27(3,25)26)19-20-16-12-11-13-17-20/h5,11-13,16-17H,2,4,6-10,14-15,18-19H2,1,3H3/b22-21-. The minimum atomic E-state index is -3.46. The predicted molar refractivity (Wildman–Crippen MR) is 117 cm³/mol. The molecule has 0 radical (unpaired) electrons. The molecule has 0 aliphatic rings. The van der Waals surface area contributed by atoms with Crippen molar-refractivity contribution in [3.05, 3.63) is 59.3 Å². The molecular weight excluding hydrogens is 378 g/mol. The van der Waals surface area contributed by atoms with Crippen LogP contribution in [0.15, 0.2) is 53.7 Å². The Bertz CT molecular complexity index is 684. The van der Waals surface area contributed by atoms with Crippen molar-refractivity contribution in [1.82, 2.24) is 4.31 Å². The monoisotopic (exact) mass is 411 g/mol. The maximum absolute atomic E-state index is 12.3. The molecular formula is C22H34ClNO2S. The van der Waals surface area contributed by atoms with E-state index in [1.165, 1.54) is 42.7 Å². The summed E-state index contributed by atoms with van der Waals surface area (Å²) in [5.74, 6) is 0. The Balaban J connectivity index is 2.81. The van der Waals surface area contributed by atoms with Crippen LogP contribution in [0.1, 0.15) is 70.3 Å². The third-order valence-corrected chi connectivity index (χ3v) is 6.24. The molecule has 1 rings (SSSR count). The lowest BCUT2D eigenvalue weighted by atomic mass is 10.0. The normalized spacial score (nSPS) is 12.6. The van der Waals surface area contributed by atoms with Gasteiger partial charge >= 0.3 is 0 Å². The van der Waals surface area contributed by atoms with Crippen molar-refractivity contribution < 1.29 is 8.42 Å². The molecule has 0 amide bonds. The van der Waals surface area contributed by atoms with Gasteiger partial charge in [0.05, 0.1) is 12.8 Å². The quantitative estimate of drug-likeness (QED) is 0.196. The zero-order chi connectivity index (χ0) is 20.1. The average Bonchev–Trinajstić information content (AvgIpc) is 2.64.